The fourth-order valence-corrected chi connectivity index (χ4v) is 3.00. The van der Waals surface area contributed by atoms with Gasteiger partial charge in [-0.15, -0.1) is 11.3 Å². The third kappa shape index (κ3) is 3.70. The predicted molar refractivity (Wildman–Crippen MR) is 86.5 cm³/mol. The maximum atomic E-state index is 12.6. The van der Waals surface area contributed by atoms with Crippen LogP contribution >= 0.6 is 11.3 Å². The van der Waals surface area contributed by atoms with Crippen LogP contribution in [0.3, 0.4) is 0 Å². The summed E-state index contributed by atoms with van der Waals surface area (Å²) in [6.07, 6.45) is 0. The zero-order valence-corrected chi connectivity index (χ0v) is 13.9. The Morgan fingerprint density at radius 2 is 2.09 bits per heavy atom. The normalized spacial score (nSPS) is 11.7. The molecule has 0 saturated heterocycles. The largest absolute Gasteiger partial charge is 0.378 e. The summed E-state index contributed by atoms with van der Waals surface area (Å²) in [5, 5.41) is 11.5. The van der Waals surface area contributed by atoms with E-state index < -0.39 is 17.5 Å². The molecule has 1 aromatic heterocycles. The molecule has 0 bridgehead atoms. The highest BCUT2D eigenvalue weighted by atomic mass is 32.1. The molecule has 0 amide bonds. The number of hydrogen-bond acceptors (Lipinski definition) is 6. The molecule has 0 fully saturated rings. The molecule has 5 nitrogen and oxygen atoms in total. The molecule has 23 heavy (non-hydrogen) atoms. The molecule has 0 aliphatic rings. The molecule has 0 aliphatic carbocycles. The molecule has 2 rings (SSSR count). The van der Waals surface area contributed by atoms with E-state index in [1.807, 2.05) is 19.1 Å². The van der Waals surface area contributed by atoms with Gasteiger partial charge in [-0.05, 0) is 19.4 Å². The van der Waals surface area contributed by atoms with Crippen molar-refractivity contribution in [2.75, 3.05) is 7.11 Å². The molecule has 118 valence electrons. The maximum Gasteiger partial charge on any atom is 0.207 e. The first-order chi connectivity index (χ1) is 11.0. The summed E-state index contributed by atoms with van der Waals surface area (Å²) in [6.45, 7) is 4.00. The first kappa shape index (κ1) is 17.0. The van der Waals surface area contributed by atoms with E-state index in [2.05, 4.69) is 4.98 Å². The fourth-order valence-electron chi connectivity index (χ4n) is 2.24. The number of nitriles is 1. The number of benzene rings is 1. The highest BCUT2D eigenvalue weighted by Gasteiger charge is 2.30. The summed E-state index contributed by atoms with van der Waals surface area (Å²) >= 11 is 1.27. The molecule has 0 unspecified atom stereocenters. The lowest BCUT2D eigenvalue weighted by Crippen LogP contribution is -2.24. The van der Waals surface area contributed by atoms with Crippen molar-refractivity contribution >= 4 is 22.9 Å². The van der Waals surface area contributed by atoms with Crippen LogP contribution in [0.1, 0.15) is 37.0 Å². The Balaban J connectivity index is 2.29. The second-order valence-electron chi connectivity index (χ2n) is 5.17. The van der Waals surface area contributed by atoms with E-state index in [1.54, 1.807) is 24.4 Å². The molecule has 1 heterocycles. The van der Waals surface area contributed by atoms with Crippen LogP contribution in [0.25, 0.3) is 0 Å². The van der Waals surface area contributed by atoms with Crippen LogP contribution in [0.2, 0.25) is 0 Å². The van der Waals surface area contributed by atoms with Gasteiger partial charge in [0.05, 0.1) is 12.7 Å². The summed E-state index contributed by atoms with van der Waals surface area (Å²) in [5.41, 5.74) is 2.29. The van der Waals surface area contributed by atoms with Gasteiger partial charge in [-0.1, -0.05) is 23.8 Å². The van der Waals surface area contributed by atoms with Crippen LogP contribution < -0.4 is 0 Å². The van der Waals surface area contributed by atoms with E-state index >= 15 is 0 Å². The van der Waals surface area contributed by atoms with Crippen LogP contribution in [0.5, 0.6) is 0 Å². The van der Waals surface area contributed by atoms with Crippen molar-refractivity contribution < 1.29 is 14.3 Å². The number of aromatic nitrogens is 1. The molecule has 6 heteroatoms. The average molecular weight is 328 g/mol. The highest BCUT2D eigenvalue weighted by molar-refractivity contribution is 7.09. The summed E-state index contributed by atoms with van der Waals surface area (Å²) in [6, 6.07) is 7.11. The van der Waals surface area contributed by atoms with Gasteiger partial charge in [-0.3, -0.25) is 9.59 Å². The predicted octanol–water partition coefficient (Wildman–Crippen LogP) is 3.11. The van der Waals surface area contributed by atoms with Crippen LogP contribution in [0.4, 0.5) is 0 Å². The minimum absolute atomic E-state index is 0.131. The van der Waals surface area contributed by atoms with E-state index in [-0.39, 0.29) is 5.69 Å². The minimum atomic E-state index is -1.38. The Labute approximate surface area is 138 Å². The molecule has 0 radical (unpaired) electrons. The lowest BCUT2D eigenvalue weighted by molar-refractivity contribution is 0.0842. The zero-order valence-electron chi connectivity index (χ0n) is 13.1. The molecule has 2 aromatic rings. The van der Waals surface area contributed by atoms with Crippen LogP contribution in [-0.2, 0) is 11.3 Å². The fraction of sp³-hybridized carbons (Fsp3) is 0.294. The summed E-state index contributed by atoms with van der Waals surface area (Å²) in [5.74, 6) is -2.44. The van der Waals surface area contributed by atoms with E-state index in [0.717, 1.165) is 11.1 Å². The number of methoxy groups -OCH3 is 1. The van der Waals surface area contributed by atoms with Gasteiger partial charge >= 0.3 is 0 Å². The van der Waals surface area contributed by atoms with Crippen molar-refractivity contribution in [3.63, 3.8) is 0 Å². The summed E-state index contributed by atoms with van der Waals surface area (Å²) < 4.78 is 4.96. The van der Waals surface area contributed by atoms with Gasteiger partial charge in [-0.25, -0.2) is 4.98 Å². The Hall–Kier alpha value is -2.36. The van der Waals surface area contributed by atoms with E-state index in [9.17, 15) is 14.9 Å². The summed E-state index contributed by atoms with van der Waals surface area (Å²) in [7, 11) is 1.53. The number of aryl methyl sites for hydroxylation is 2. The molecular formula is C17H16N2O3S. The zero-order chi connectivity index (χ0) is 17.0. The maximum absolute atomic E-state index is 12.6. The molecule has 0 saturated carbocycles. The lowest BCUT2D eigenvalue weighted by atomic mass is 9.91. The average Bonchev–Trinajstić information content (AvgIpc) is 2.96. The SMILES string of the molecule is COCc1nc(C(=O)[C@@H](C#N)C(=O)c2ccc(C)cc2C)cs1. The van der Waals surface area contributed by atoms with Crippen molar-refractivity contribution in [2.24, 2.45) is 5.92 Å². The number of carbonyl (C=O) groups is 2. The number of nitrogens with zero attached hydrogens (tertiary/aromatic N) is 2. The van der Waals surface area contributed by atoms with Gasteiger partial charge in [0, 0.05) is 18.1 Å². The van der Waals surface area contributed by atoms with Gasteiger partial charge in [0.1, 0.15) is 10.7 Å². The third-order valence-corrected chi connectivity index (χ3v) is 4.20. The van der Waals surface area contributed by atoms with Crippen molar-refractivity contribution in [1.82, 2.24) is 4.98 Å². The lowest BCUT2D eigenvalue weighted by Gasteiger charge is -2.09. The van der Waals surface area contributed by atoms with Crippen LogP contribution in [-0.4, -0.2) is 23.7 Å². The smallest absolute Gasteiger partial charge is 0.207 e. The molecule has 0 aliphatic heterocycles. The molecule has 0 N–H and O–H groups in total. The second kappa shape index (κ2) is 7.27. The van der Waals surface area contributed by atoms with Crippen molar-refractivity contribution in [1.29, 1.82) is 5.26 Å². The van der Waals surface area contributed by atoms with Gasteiger partial charge < -0.3 is 4.74 Å². The monoisotopic (exact) mass is 328 g/mol. The molecular weight excluding hydrogens is 312 g/mol. The first-order valence-corrected chi connectivity index (χ1v) is 7.84. The van der Waals surface area contributed by atoms with Crippen molar-refractivity contribution in [2.45, 2.75) is 20.5 Å². The van der Waals surface area contributed by atoms with Gasteiger partial charge in [0.15, 0.2) is 11.7 Å². The van der Waals surface area contributed by atoms with Gasteiger partial charge in [0.2, 0.25) is 5.78 Å². The number of hydrogen-bond donors (Lipinski definition) is 0. The Bertz CT molecular complexity index is 789. The third-order valence-electron chi connectivity index (χ3n) is 3.37. The Kier molecular flexibility index (Phi) is 5.37. The number of carbonyl (C=O) groups excluding carboxylic acids is 2. The number of rotatable bonds is 6. The van der Waals surface area contributed by atoms with Crippen molar-refractivity contribution in [3.8, 4) is 6.07 Å². The minimum Gasteiger partial charge on any atom is -0.378 e. The number of Topliss-reactive ketones (excluding diaryl/α,β-unsaturated/α-hetero) is 2. The Morgan fingerprint density at radius 3 is 2.70 bits per heavy atom. The number of thiazole rings is 1. The molecule has 1 aromatic carbocycles. The van der Waals surface area contributed by atoms with Gasteiger partial charge in [0.25, 0.3) is 0 Å². The number of ether oxygens (including phenoxy) is 1. The standard InChI is InChI=1S/C17H16N2O3S/c1-10-4-5-12(11(2)6-10)16(20)13(7-18)17(21)14-9-23-15(19-14)8-22-3/h4-6,9,13H,8H2,1-3H3/t13-/m0/s1. The topological polar surface area (TPSA) is 80.0 Å². The summed E-state index contributed by atoms with van der Waals surface area (Å²) in [4.78, 5) is 29.1. The van der Waals surface area contributed by atoms with Crippen LogP contribution in [0.15, 0.2) is 23.6 Å². The van der Waals surface area contributed by atoms with Crippen molar-refractivity contribution in [3.05, 3.63) is 51.0 Å². The highest BCUT2D eigenvalue weighted by Crippen LogP contribution is 2.20. The molecule has 1 atom stereocenters. The van der Waals surface area contributed by atoms with E-state index in [4.69, 9.17) is 4.74 Å². The molecule has 0 spiro atoms. The number of ketones is 2. The van der Waals surface area contributed by atoms with Gasteiger partial charge in [-0.2, -0.15) is 5.26 Å². The Morgan fingerprint density at radius 1 is 1.35 bits per heavy atom. The first-order valence-electron chi connectivity index (χ1n) is 6.96. The van der Waals surface area contributed by atoms with Crippen LogP contribution in [0, 0.1) is 31.1 Å². The second-order valence-corrected chi connectivity index (χ2v) is 6.11. The quantitative estimate of drug-likeness (QED) is 0.601. The van der Waals surface area contributed by atoms with E-state index in [0.29, 0.717) is 17.2 Å². The van der Waals surface area contributed by atoms with E-state index in [1.165, 1.54) is 18.4 Å².